The van der Waals surface area contributed by atoms with Crippen LogP contribution in [-0.2, 0) is 14.8 Å². The number of halogens is 1. The van der Waals surface area contributed by atoms with Gasteiger partial charge >= 0.3 is 0 Å². The standard InChI is InChI=1S/C23H30ClN3O4S/c1-16(2)15-25-23(29)18-9-5-6-11-20(18)26-22(28)13-8-14-27(32(4,30)31)21-12-7-10-19(24)17(21)3/h5-7,9-12,16H,8,13-15H2,1-4H3,(H,25,29)(H,26,28). The van der Waals surface area contributed by atoms with Crippen molar-refractivity contribution in [3.05, 3.63) is 58.6 Å². The smallest absolute Gasteiger partial charge is 0.253 e. The van der Waals surface area contributed by atoms with Crippen molar-refractivity contribution in [1.29, 1.82) is 0 Å². The SMILES string of the molecule is Cc1c(Cl)cccc1N(CCCC(=O)Nc1ccccc1C(=O)NCC(C)C)S(C)(=O)=O. The van der Waals surface area contributed by atoms with Gasteiger partial charge in [0.2, 0.25) is 15.9 Å². The number of benzene rings is 2. The van der Waals surface area contributed by atoms with E-state index in [1.54, 1.807) is 49.4 Å². The molecule has 0 radical (unpaired) electrons. The Bertz CT molecular complexity index is 1070. The topological polar surface area (TPSA) is 95.6 Å². The summed E-state index contributed by atoms with van der Waals surface area (Å²) in [5, 5.41) is 6.08. The summed E-state index contributed by atoms with van der Waals surface area (Å²) in [7, 11) is -3.56. The summed E-state index contributed by atoms with van der Waals surface area (Å²) in [6.07, 6.45) is 1.51. The molecule has 0 saturated heterocycles. The molecule has 7 nitrogen and oxygen atoms in total. The third-order valence-electron chi connectivity index (χ3n) is 4.79. The number of para-hydroxylation sites is 1. The second kappa shape index (κ2) is 11.3. The summed E-state index contributed by atoms with van der Waals surface area (Å²) in [5.41, 5.74) is 1.95. The zero-order chi connectivity index (χ0) is 23.9. The Hall–Kier alpha value is -2.58. The molecule has 2 aromatic carbocycles. The molecule has 2 rings (SSSR count). The molecule has 9 heteroatoms. The van der Waals surface area contributed by atoms with Gasteiger partial charge in [0, 0.05) is 24.5 Å². The first-order chi connectivity index (χ1) is 15.0. The summed E-state index contributed by atoms with van der Waals surface area (Å²) < 4.78 is 25.9. The molecular weight excluding hydrogens is 450 g/mol. The van der Waals surface area contributed by atoms with E-state index in [1.807, 2.05) is 13.8 Å². The maximum Gasteiger partial charge on any atom is 0.253 e. The minimum Gasteiger partial charge on any atom is -0.352 e. The average molecular weight is 480 g/mol. The highest BCUT2D eigenvalue weighted by Crippen LogP contribution is 2.28. The zero-order valence-corrected chi connectivity index (χ0v) is 20.4. The van der Waals surface area contributed by atoms with E-state index in [2.05, 4.69) is 10.6 Å². The van der Waals surface area contributed by atoms with Crippen LogP contribution in [0.3, 0.4) is 0 Å². The molecule has 174 valence electrons. The molecule has 0 aliphatic carbocycles. The van der Waals surface area contributed by atoms with Crippen LogP contribution >= 0.6 is 11.6 Å². The highest BCUT2D eigenvalue weighted by molar-refractivity contribution is 7.92. The van der Waals surface area contributed by atoms with Crippen LogP contribution in [0, 0.1) is 12.8 Å². The molecule has 0 aliphatic heterocycles. The molecule has 0 saturated carbocycles. The Labute approximate surface area is 195 Å². The van der Waals surface area contributed by atoms with E-state index in [0.717, 1.165) is 6.26 Å². The van der Waals surface area contributed by atoms with Crippen molar-refractivity contribution >= 4 is 44.8 Å². The summed E-state index contributed by atoms with van der Waals surface area (Å²) in [4.78, 5) is 24.9. The Balaban J connectivity index is 2.04. The monoisotopic (exact) mass is 479 g/mol. The molecule has 0 aromatic heterocycles. The fraction of sp³-hybridized carbons (Fsp3) is 0.391. The number of nitrogens with one attached hydrogen (secondary N) is 2. The Morgan fingerprint density at radius 3 is 2.44 bits per heavy atom. The number of rotatable bonds is 10. The molecule has 0 spiro atoms. The lowest BCUT2D eigenvalue weighted by Gasteiger charge is -2.24. The number of carbonyl (C=O) groups is 2. The van der Waals surface area contributed by atoms with Crippen LogP contribution in [-0.4, -0.2) is 39.6 Å². The van der Waals surface area contributed by atoms with E-state index in [-0.39, 0.29) is 24.8 Å². The van der Waals surface area contributed by atoms with E-state index in [0.29, 0.717) is 46.4 Å². The van der Waals surface area contributed by atoms with Crippen LogP contribution in [0.5, 0.6) is 0 Å². The van der Waals surface area contributed by atoms with Crippen molar-refractivity contribution in [3.63, 3.8) is 0 Å². The molecular formula is C23H30ClN3O4S. The van der Waals surface area contributed by atoms with Gasteiger partial charge in [0.25, 0.3) is 5.91 Å². The first kappa shape index (κ1) is 25.7. The molecule has 2 N–H and O–H groups in total. The average Bonchev–Trinajstić information content (AvgIpc) is 2.71. The predicted molar refractivity (Wildman–Crippen MR) is 130 cm³/mol. The summed E-state index contributed by atoms with van der Waals surface area (Å²) in [6, 6.07) is 11.9. The third kappa shape index (κ3) is 7.24. The molecule has 0 bridgehead atoms. The van der Waals surface area contributed by atoms with Crippen LogP contribution in [0.15, 0.2) is 42.5 Å². The second-order valence-electron chi connectivity index (χ2n) is 8.02. The number of hydrogen-bond donors (Lipinski definition) is 2. The maximum absolute atomic E-state index is 12.5. The van der Waals surface area contributed by atoms with Gasteiger partial charge in [-0.3, -0.25) is 13.9 Å². The van der Waals surface area contributed by atoms with Crippen LogP contribution < -0.4 is 14.9 Å². The first-order valence-electron chi connectivity index (χ1n) is 10.4. The largest absolute Gasteiger partial charge is 0.352 e. The molecule has 2 aromatic rings. The highest BCUT2D eigenvalue weighted by Gasteiger charge is 2.20. The molecule has 2 amide bonds. The lowest BCUT2D eigenvalue weighted by Crippen LogP contribution is -2.32. The van der Waals surface area contributed by atoms with Crippen molar-refractivity contribution in [2.45, 2.75) is 33.6 Å². The Morgan fingerprint density at radius 1 is 1.09 bits per heavy atom. The van der Waals surface area contributed by atoms with Crippen molar-refractivity contribution in [1.82, 2.24) is 5.32 Å². The van der Waals surface area contributed by atoms with Gasteiger partial charge in [-0.1, -0.05) is 43.6 Å². The number of amides is 2. The summed E-state index contributed by atoms with van der Waals surface area (Å²) >= 11 is 6.14. The van der Waals surface area contributed by atoms with E-state index in [1.165, 1.54) is 4.31 Å². The van der Waals surface area contributed by atoms with Gasteiger partial charge in [0.15, 0.2) is 0 Å². The lowest BCUT2D eigenvalue weighted by molar-refractivity contribution is -0.116. The van der Waals surface area contributed by atoms with Crippen molar-refractivity contribution in [2.75, 3.05) is 29.0 Å². The minimum atomic E-state index is -3.56. The van der Waals surface area contributed by atoms with Gasteiger partial charge in [0.1, 0.15) is 0 Å². The second-order valence-corrected chi connectivity index (χ2v) is 10.3. The van der Waals surface area contributed by atoms with Crippen LogP contribution in [0.4, 0.5) is 11.4 Å². The van der Waals surface area contributed by atoms with Crippen LogP contribution in [0.1, 0.15) is 42.6 Å². The summed E-state index contributed by atoms with van der Waals surface area (Å²) in [5.74, 6) is -0.249. The van der Waals surface area contributed by atoms with Crippen LogP contribution in [0.2, 0.25) is 5.02 Å². The quantitative estimate of drug-likeness (QED) is 0.533. The molecule has 0 unspecified atom stereocenters. The van der Waals surface area contributed by atoms with E-state index < -0.39 is 10.0 Å². The van der Waals surface area contributed by atoms with Gasteiger partial charge in [0.05, 0.1) is 23.2 Å². The minimum absolute atomic E-state index is 0.0909. The van der Waals surface area contributed by atoms with Crippen molar-refractivity contribution in [2.24, 2.45) is 5.92 Å². The number of nitrogens with zero attached hydrogens (tertiary/aromatic N) is 1. The third-order valence-corrected chi connectivity index (χ3v) is 6.38. The predicted octanol–water partition coefficient (Wildman–Crippen LogP) is 4.22. The molecule has 32 heavy (non-hydrogen) atoms. The summed E-state index contributed by atoms with van der Waals surface area (Å²) in [6.45, 7) is 6.41. The van der Waals surface area contributed by atoms with Crippen molar-refractivity contribution < 1.29 is 18.0 Å². The van der Waals surface area contributed by atoms with Crippen LogP contribution in [0.25, 0.3) is 0 Å². The van der Waals surface area contributed by atoms with Gasteiger partial charge in [-0.15, -0.1) is 0 Å². The van der Waals surface area contributed by atoms with Gasteiger partial charge < -0.3 is 10.6 Å². The van der Waals surface area contributed by atoms with E-state index >= 15 is 0 Å². The first-order valence-corrected chi connectivity index (χ1v) is 12.6. The zero-order valence-electron chi connectivity index (χ0n) is 18.8. The Morgan fingerprint density at radius 2 is 1.78 bits per heavy atom. The van der Waals surface area contributed by atoms with E-state index in [9.17, 15) is 18.0 Å². The normalized spacial score (nSPS) is 11.3. The van der Waals surface area contributed by atoms with Gasteiger partial charge in [-0.25, -0.2) is 8.42 Å². The molecule has 0 heterocycles. The van der Waals surface area contributed by atoms with Gasteiger partial charge in [-0.05, 0) is 49.1 Å². The highest BCUT2D eigenvalue weighted by atomic mass is 35.5. The number of anilines is 2. The van der Waals surface area contributed by atoms with Crippen molar-refractivity contribution in [3.8, 4) is 0 Å². The molecule has 0 fully saturated rings. The fourth-order valence-electron chi connectivity index (χ4n) is 3.11. The number of carbonyl (C=O) groups excluding carboxylic acids is 2. The molecule has 0 atom stereocenters. The fourth-order valence-corrected chi connectivity index (χ4v) is 4.29. The van der Waals surface area contributed by atoms with E-state index in [4.69, 9.17) is 11.6 Å². The number of sulfonamides is 1. The lowest BCUT2D eigenvalue weighted by atomic mass is 10.1. The Kier molecular flexibility index (Phi) is 9.09. The maximum atomic E-state index is 12.5. The molecule has 0 aliphatic rings. The number of hydrogen-bond acceptors (Lipinski definition) is 4. The van der Waals surface area contributed by atoms with Gasteiger partial charge in [-0.2, -0.15) is 0 Å².